The van der Waals surface area contributed by atoms with Crippen LogP contribution in [-0.4, -0.2) is 14.2 Å². The molecule has 0 saturated carbocycles. The van der Waals surface area contributed by atoms with Gasteiger partial charge in [0.25, 0.3) is 0 Å². The predicted molar refractivity (Wildman–Crippen MR) is 84.9 cm³/mol. The van der Waals surface area contributed by atoms with Gasteiger partial charge >= 0.3 is 0 Å². The second-order valence-corrected chi connectivity index (χ2v) is 5.03. The van der Waals surface area contributed by atoms with E-state index in [2.05, 4.69) is 5.43 Å². The minimum Gasteiger partial charge on any atom is -0.496 e. The largest absolute Gasteiger partial charge is 0.496 e. The summed E-state index contributed by atoms with van der Waals surface area (Å²) in [6, 6.07) is 11.1. The first-order chi connectivity index (χ1) is 10.1. The van der Waals surface area contributed by atoms with Crippen molar-refractivity contribution in [2.45, 2.75) is 13.0 Å². The molecule has 0 amide bonds. The average molecular weight is 307 g/mol. The number of rotatable bonds is 5. The molecule has 0 bridgehead atoms. The summed E-state index contributed by atoms with van der Waals surface area (Å²) in [5.74, 6) is 7.16. The number of halogens is 1. The third kappa shape index (κ3) is 2.97. The van der Waals surface area contributed by atoms with Gasteiger partial charge in [-0.2, -0.15) is 0 Å². The summed E-state index contributed by atoms with van der Waals surface area (Å²) in [7, 11) is 3.23. The number of hydrazine groups is 1. The molecule has 1 unspecified atom stereocenters. The third-order valence-electron chi connectivity index (χ3n) is 3.45. The lowest BCUT2D eigenvalue weighted by atomic mass is 9.96. The molecule has 0 aliphatic heterocycles. The van der Waals surface area contributed by atoms with Crippen LogP contribution in [0.4, 0.5) is 0 Å². The Morgan fingerprint density at radius 1 is 1.05 bits per heavy atom. The molecule has 21 heavy (non-hydrogen) atoms. The number of hydrogen-bond acceptors (Lipinski definition) is 4. The molecule has 0 saturated heterocycles. The van der Waals surface area contributed by atoms with Crippen molar-refractivity contribution in [1.82, 2.24) is 5.43 Å². The molecule has 1 atom stereocenters. The maximum atomic E-state index is 6.43. The van der Waals surface area contributed by atoms with E-state index in [0.717, 1.165) is 16.7 Å². The molecule has 0 aliphatic rings. The summed E-state index contributed by atoms with van der Waals surface area (Å²) >= 11 is 6.43. The van der Waals surface area contributed by atoms with Crippen LogP contribution in [0.3, 0.4) is 0 Å². The monoisotopic (exact) mass is 306 g/mol. The first kappa shape index (κ1) is 15.6. The van der Waals surface area contributed by atoms with Crippen LogP contribution in [0.25, 0.3) is 0 Å². The van der Waals surface area contributed by atoms with E-state index in [4.69, 9.17) is 26.9 Å². The van der Waals surface area contributed by atoms with Gasteiger partial charge in [-0.05, 0) is 30.2 Å². The zero-order chi connectivity index (χ0) is 15.4. The Hall–Kier alpha value is -1.75. The van der Waals surface area contributed by atoms with E-state index in [1.165, 1.54) is 0 Å². The standard InChI is InChI=1S/C16H19ClN2O2/c1-10-6-4-7-11(15(10)17)16(19-18)14-12(20-2)8-5-9-13(14)21-3/h4-9,16,19H,18H2,1-3H3. The van der Waals surface area contributed by atoms with Crippen molar-refractivity contribution < 1.29 is 9.47 Å². The normalized spacial score (nSPS) is 12.0. The summed E-state index contributed by atoms with van der Waals surface area (Å²) < 4.78 is 10.9. The van der Waals surface area contributed by atoms with E-state index >= 15 is 0 Å². The molecule has 0 aliphatic carbocycles. The first-order valence-electron chi connectivity index (χ1n) is 6.56. The highest BCUT2D eigenvalue weighted by atomic mass is 35.5. The molecular weight excluding hydrogens is 288 g/mol. The van der Waals surface area contributed by atoms with Crippen molar-refractivity contribution in [1.29, 1.82) is 0 Å². The van der Waals surface area contributed by atoms with Crippen molar-refractivity contribution in [3.63, 3.8) is 0 Å². The SMILES string of the molecule is COc1cccc(OC)c1C(NN)c1cccc(C)c1Cl. The molecule has 2 aromatic carbocycles. The molecule has 0 fully saturated rings. The predicted octanol–water partition coefficient (Wildman–Crippen LogP) is 3.22. The molecule has 3 N–H and O–H groups in total. The number of methoxy groups -OCH3 is 2. The molecule has 5 heteroatoms. The topological polar surface area (TPSA) is 56.5 Å². The van der Waals surface area contributed by atoms with Crippen LogP contribution >= 0.6 is 11.6 Å². The Kier molecular flexibility index (Phi) is 5.07. The van der Waals surface area contributed by atoms with Gasteiger partial charge in [-0.15, -0.1) is 0 Å². The highest BCUT2D eigenvalue weighted by Crippen LogP contribution is 2.39. The van der Waals surface area contributed by atoms with Crippen LogP contribution in [0.5, 0.6) is 11.5 Å². The number of nitrogens with two attached hydrogens (primary N) is 1. The van der Waals surface area contributed by atoms with Gasteiger partial charge in [0.05, 0.1) is 25.8 Å². The zero-order valence-corrected chi connectivity index (χ0v) is 13.1. The number of hydrogen-bond donors (Lipinski definition) is 2. The number of nitrogens with one attached hydrogen (secondary N) is 1. The van der Waals surface area contributed by atoms with E-state index in [0.29, 0.717) is 16.5 Å². The highest BCUT2D eigenvalue weighted by molar-refractivity contribution is 6.32. The maximum absolute atomic E-state index is 6.43. The van der Waals surface area contributed by atoms with E-state index in [-0.39, 0.29) is 6.04 Å². The second-order valence-electron chi connectivity index (χ2n) is 4.65. The van der Waals surface area contributed by atoms with E-state index < -0.39 is 0 Å². The van der Waals surface area contributed by atoms with Gasteiger partial charge in [0.1, 0.15) is 11.5 Å². The van der Waals surface area contributed by atoms with E-state index in [9.17, 15) is 0 Å². The summed E-state index contributed by atoms with van der Waals surface area (Å²) in [6.45, 7) is 1.96. The van der Waals surface area contributed by atoms with Crippen LogP contribution < -0.4 is 20.7 Å². The Labute approximate surface area is 129 Å². The zero-order valence-electron chi connectivity index (χ0n) is 12.3. The van der Waals surface area contributed by atoms with Gasteiger partial charge < -0.3 is 9.47 Å². The fourth-order valence-corrected chi connectivity index (χ4v) is 2.62. The molecule has 2 rings (SSSR count). The van der Waals surface area contributed by atoms with Crippen molar-refractivity contribution in [3.8, 4) is 11.5 Å². The Bertz CT molecular complexity index is 609. The van der Waals surface area contributed by atoms with Crippen LogP contribution in [0, 0.1) is 6.92 Å². The average Bonchev–Trinajstić information content (AvgIpc) is 2.52. The quantitative estimate of drug-likeness (QED) is 0.658. The Morgan fingerprint density at radius 3 is 2.14 bits per heavy atom. The molecule has 0 aromatic heterocycles. The van der Waals surface area contributed by atoms with Crippen LogP contribution in [0.1, 0.15) is 22.7 Å². The van der Waals surface area contributed by atoms with Gasteiger partial charge in [-0.1, -0.05) is 35.9 Å². The lowest BCUT2D eigenvalue weighted by Crippen LogP contribution is -2.30. The first-order valence-corrected chi connectivity index (χ1v) is 6.93. The fourth-order valence-electron chi connectivity index (χ4n) is 2.39. The molecule has 0 spiro atoms. The van der Waals surface area contributed by atoms with Gasteiger partial charge in [0.15, 0.2) is 0 Å². The van der Waals surface area contributed by atoms with Crippen LogP contribution in [-0.2, 0) is 0 Å². The van der Waals surface area contributed by atoms with Crippen molar-refractivity contribution in [3.05, 3.63) is 58.1 Å². The Morgan fingerprint density at radius 2 is 1.62 bits per heavy atom. The van der Waals surface area contributed by atoms with E-state index in [1.54, 1.807) is 14.2 Å². The number of benzene rings is 2. The number of aryl methyl sites for hydroxylation is 1. The van der Waals surface area contributed by atoms with Crippen molar-refractivity contribution >= 4 is 11.6 Å². The maximum Gasteiger partial charge on any atom is 0.127 e. The van der Waals surface area contributed by atoms with Gasteiger partial charge in [0.2, 0.25) is 0 Å². The summed E-state index contributed by atoms with van der Waals surface area (Å²) in [5.41, 5.74) is 5.49. The summed E-state index contributed by atoms with van der Waals surface area (Å²) in [4.78, 5) is 0. The fraction of sp³-hybridized carbons (Fsp3) is 0.250. The van der Waals surface area contributed by atoms with Gasteiger partial charge in [-0.3, -0.25) is 5.84 Å². The van der Waals surface area contributed by atoms with Gasteiger partial charge in [0, 0.05) is 5.02 Å². The smallest absolute Gasteiger partial charge is 0.127 e. The molecule has 2 aromatic rings. The van der Waals surface area contributed by atoms with Crippen molar-refractivity contribution in [2.24, 2.45) is 5.84 Å². The van der Waals surface area contributed by atoms with Crippen molar-refractivity contribution in [2.75, 3.05) is 14.2 Å². The van der Waals surface area contributed by atoms with Crippen LogP contribution in [0.2, 0.25) is 5.02 Å². The molecule has 0 heterocycles. The number of ether oxygens (including phenoxy) is 2. The lowest BCUT2D eigenvalue weighted by molar-refractivity contribution is 0.377. The van der Waals surface area contributed by atoms with E-state index in [1.807, 2.05) is 43.3 Å². The molecular formula is C16H19ClN2O2. The second kappa shape index (κ2) is 6.80. The Balaban J connectivity index is 2.64. The third-order valence-corrected chi connectivity index (χ3v) is 3.97. The van der Waals surface area contributed by atoms with Crippen LogP contribution in [0.15, 0.2) is 36.4 Å². The summed E-state index contributed by atoms with van der Waals surface area (Å²) in [5, 5.41) is 0.674. The minimum absolute atomic E-state index is 0.330. The minimum atomic E-state index is -0.330. The summed E-state index contributed by atoms with van der Waals surface area (Å²) in [6.07, 6.45) is 0. The van der Waals surface area contributed by atoms with Gasteiger partial charge in [-0.25, -0.2) is 5.43 Å². The molecule has 112 valence electrons. The lowest BCUT2D eigenvalue weighted by Gasteiger charge is -2.23. The molecule has 4 nitrogen and oxygen atoms in total. The highest BCUT2D eigenvalue weighted by Gasteiger charge is 2.23. The molecule has 0 radical (unpaired) electrons.